The monoisotopic (exact) mass is 382 g/mol. The maximum Gasteiger partial charge on any atom is 0.414 e. The van der Waals surface area contributed by atoms with Crippen molar-refractivity contribution >= 4 is 45.6 Å². The summed E-state index contributed by atoms with van der Waals surface area (Å²) < 4.78 is 17.0. The highest BCUT2D eigenvalue weighted by molar-refractivity contribution is 7.85. The molecule has 2 atom stereocenters. The lowest BCUT2D eigenvalue weighted by Crippen LogP contribution is -2.37. The fourth-order valence-electron chi connectivity index (χ4n) is 3.00. The maximum atomic E-state index is 12.1. The number of anilines is 2. The summed E-state index contributed by atoms with van der Waals surface area (Å²) in [5.74, 6) is 1.48. The smallest absolute Gasteiger partial charge is 0.414 e. The van der Waals surface area contributed by atoms with Gasteiger partial charge in [-0.05, 0) is 42.9 Å². The summed E-state index contributed by atoms with van der Waals surface area (Å²) in [4.78, 5) is 15.9. The lowest BCUT2D eigenvalue weighted by atomic mass is 10.2. The van der Waals surface area contributed by atoms with Gasteiger partial charge in [-0.3, -0.25) is 9.11 Å². The highest BCUT2D eigenvalue weighted by atomic mass is 32.2. The van der Waals surface area contributed by atoms with Gasteiger partial charge in [-0.25, -0.2) is 4.79 Å². The first-order chi connectivity index (χ1) is 12.0. The van der Waals surface area contributed by atoms with Crippen LogP contribution in [0.4, 0.5) is 16.2 Å². The van der Waals surface area contributed by atoms with Gasteiger partial charge in [0.25, 0.3) is 0 Å². The topological polar surface area (TPSA) is 87.9 Å². The van der Waals surface area contributed by atoms with Gasteiger partial charge in [0.1, 0.15) is 6.10 Å². The predicted octanol–water partition coefficient (Wildman–Crippen LogP) is 0.804. The maximum absolute atomic E-state index is 12.1. The molecular weight excluding hydrogens is 360 g/mol. The molecule has 2 saturated heterocycles. The molecule has 0 bridgehead atoms. The molecule has 0 spiro atoms. The van der Waals surface area contributed by atoms with Crippen LogP contribution in [0.2, 0.25) is 0 Å². The van der Waals surface area contributed by atoms with E-state index in [1.54, 1.807) is 4.90 Å². The van der Waals surface area contributed by atoms with Gasteiger partial charge in [0.05, 0.1) is 13.1 Å². The Bertz CT molecular complexity index is 668. The molecule has 9 heteroatoms. The summed E-state index contributed by atoms with van der Waals surface area (Å²) in [6.45, 7) is 2.56. The Kier molecular flexibility index (Phi) is 5.74. The van der Waals surface area contributed by atoms with Crippen molar-refractivity contribution < 1.29 is 13.7 Å². The molecule has 2 heterocycles. The van der Waals surface area contributed by atoms with Gasteiger partial charge < -0.3 is 20.7 Å². The van der Waals surface area contributed by atoms with Crippen molar-refractivity contribution in [1.29, 1.82) is 0 Å². The number of hydrogen-bond donors (Lipinski definition) is 2. The van der Waals surface area contributed by atoms with Gasteiger partial charge in [0, 0.05) is 46.8 Å². The third-order valence-electron chi connectivity index (χ3n) is 4.29. The number of thiocarbonyl (C=S) groups is 1. The molecule has 1 aromatic rings. The quantitative estimate of drug-likeness (QED) is 0.745. The molecular formula is C16H22N4O3S2. The number of benzene rings is 1. The molecule has 0 aromatic heterocycles. The summed E-state index contributed by atoms with van der Waals surface area (Å²) in [6.07, 6.45) is 0.284. The highest BCUT2D eigenvalue weighted by Gasteiger charge is 2.32. The Balaban J connectivity index is 1.63. The van der Waals surface area contributed by atoms with Crippen molar-refractivity contribution in [1.82, 2.24) is 5.32 Å². The second-order valence-corrected chi connectivity index (χ2v) is 8.20. The fourth-order valence-corrected chi connectivity index (χ4v) is 4.16. The molecule has 2 fully saturated rings. The van der Waals surface area contributed by atoms with Crippen molar-refractivity contribution in [3.05, 3.63) is 24.3 Å². The molecule has 25 heavy (non-hydrogen) atoms. The van der Waals surface area contributed by atoms with E-state index in [2.05, 4.69) is 10.2 Å². The number of nitrogens with zero attached hydrogens (tertiary/aromatic N) is 2. The lowest BCUT2D eigenvalue weighted by molar-refractivity contribution is 0.143. The second-order valence-electron chi connectivity index (χ2n) is 6.07. The Labute approximate surface area is 154 Å². The van der Waals surface area contributed by atoms with Crippen LogP contribution in [0.25, 0.3) is 0 Å². The minimum Gasteiger partial charge on any atom is -0.442 e. The van der Waals surface area contributed by atoms with E-state index < -0.39 is 10.8 Å². The van der Waals surface area contributed by atoms with Crippen LogP contribution in [0.15, 0.2) is 24.3 Å². The predicted molar refractivity (Wildman–Crippen MR) is 104 cm³/mol. The van der Waals surface area contributed by atoms with Gasteiger partial charge >= 0.3 is 6.09 Å². The molecule has 0 aliphatic carbocycles. The average molecular weight is 383 g/mol. The minimum atomic E-state index is -0.708. The van der Waals surface area contributed by atoms with Crippen LogP contribution in [0.5, 0.6) is 0 Å². The van der Waals surface area contributed by atoms with Crippen molar-refractivity contribution in [2.45, 2.75) is 12.5 Å². The van der Waals surface area contributed by atoms with Crippen molar-refractivity contribution in [3.8, 4) is 0 Å². The number of nitrogens with one attached hydrogen (secondary N) is 1. The van der Waals surface area contributed by atoms with E-state index in [1.165, 1.54) is 0 Å². The molecule has 136 valence electrons. The van der Waals surface area contributed by atoms with E-state index in [-0.39, 0.29) is 17.3 Å². The third kappa shape index (κ3) is 4.60. The first-order valence-corrected chi connectivity index (χ1v) is 10.1. The van der Waals surface area contributed by atoms with Crippen LogP contribution in [-0.2, 0) is 15.5 Å². The Hall–Kier alpha value is -1.87. The fraction of sp³-hybridized carbons (Fsp3) is 0.500. The standard InChI is InChI=1S/C16H22N4O3S2/c17-15(24)18-10-14-11-20(16(21)23-14)13-4-2-12(3-5-13)19-6-1-8-25(22)9-7-19/h2-5,14H,1,6-11H2,(H3,17,18,24). The molecule has 3 rings (SSSR count). The molecule has 2 unspecified atom stereocenters. The van der Waals surface area contributed by atoms with Crippen LogP contribution in [0, 0.1) is 0 Å². The van der Waals surface area contributed by atoms with Gasteiger partial charge in [-0.2, -0.15) is 0 Å². The lowest BCUT2D eigenvalue weighted by Gasteiger charge is -2.23. The number of nitrogens with two attached hydrogens (primary N) is 1. The SMILES string of the molecule is NC(=S)NCC1CN(c2ccc(N3CCCS(=O)CC3)cc2)C(=O)O1. The number of rotatable bonds is 4. The summed E-state index contributed by atoms with van der Waals surface area (Å²) in [7, 11) is -0.708. The molecule has 7 nitrogen and oxygen atoms in total. The third-order valence-corrected chi connectivity index (χ3v) is 5.82. The average Bonchev–Trinajstić information content (AvgIpc) is 2.82. The van der Waals surface area contributed by atoms with Crippen LogP contribution < -0.4 is 20.9 Å². The highest BCUT2D eigenvalue weighted by Crippen LogP contribution is 2.25. The Morgan fingerprint density at radius 1 is 1.28 bits per heavy atom. The number of amides is 1. The van der Waals surface area contributed by atoms with Gasteiger partial charge in [0.2, 0.25) is 0 Å². The van der Waals surface area contributed by atoms with E-state index in [4.69, 9.17) is 22.7 Å². The van der Waals surface area contributed by atoms with Gasteiger partial charge in [0.15, 0.2) is 5.11 Å². The number of carbonyl (C=O) groups excluding carboxylic acids is 1. The molecule has 3 N–H and O–H groups in total. The van der Waals surface area contributed by atoms with Gasteiger partial charge in [-0.15, -0.1) is 0 Å². The zero-order chi connectivity index (χ0) is 17.8. The molecule has 1 aromatic carbocycles. The summed E-state index contributed by atoms with van der Waals surface area (Å²) in [6, 6.07) is 7.83. The zero-order valence-corrected chi connectivity index (χ0v) is 15.5. The molecule has 2 aliphatic rings. The van der Waals surface area contributed by atoms with E-state index in [9.17, 15) is 9.00 Å². The summed E-state index contributed by atoms with van der Waals surface area (Å²) in [5, 5.41) is 3.01. The van der Waals surface area contributed by atoms with Crippen LogP contribution in [-0.4, -0.2) is 59.2 Å². The van der Waals surface area contributed by atoms with E-state index >= 15 is 0 Å². The van der Waals surface area contributed by atoms with E-state index in [0.717, 1.165) is 36.6 Å². The normalized spacial score (nSPS) is 23.9. The summed E-state index contributed by atoms with van der Waals surface area (Å²) in [5.41, 5.74) is 7.28. The molecule has 0 saturated carbocycles. The minimum absolute atomic E-state index is 0.192. The molecule has 2 aliphatic heterocycles. The number of ether oxygens (including phenoxy) is 1. The number of carbonyl (C=O) groups is 1. The first-order valence-electron chi connectivity index (χ1n) is 8.24. The number of hydrogen-bond acceptors (Lipinski definition) is 5. The molecule has 1 amide bonds. The van der Waals surface area contributed by atoms with Gasteiger partial charge in [-0.1, -0.05) is 0 Å². The van der Waals surface area contributed by atoms with Crippen LogP contribution in [0.3, 0.4) is 0 Å². The first kappa shape index (κ1) is 17.9. The summed E-state index contributed by atoms with van der Waals surface area (Å²) >= 11 is 4.76. The van der Waals surface area contributed by atoms with Crippen LogP contribution in [0.1, 0.15) is 6.42 Å². The second kappa shape index (κ2) is 8.01. The number of cyclic esters (lactones) is 1. The largest absolute Gasteiger partial charge is 0.442 e. The van der Waals surface area contributed by atoms with E-state index in [1.807, 2.05) is 24.3 Å². The zero-order valence-electron chi connectivity index (χ0n) is 13.8. The van der Waals surface area contributed by atoms with Crippen LogP contribution >= 0.6 is 12.2 Å². The Morgan fingerprint density at radius 3 is 2.72 bits per heavy atom. The molecule has 0 radical (unpaired) electrons. The Morgan fingerprint density at radius 2 is 2.00 bits per heavy atom. The van der Waals surface area contributed by atoms with Crippen molar-refractivity contribution in [2.24, 2.45) is 5.73 Å². The van der Waals surface area contributed by atoms with E-state index in [0.29, 0.717) is 18.8 Å². The van der Waals surface area contributed by atoms with Crippen molar-refractivity contribution in [2.75, 3.05) is 47.5 Å². The van der Waals surface area contributed by atoms with Crippen molar-refractivity contribution in [3.63, 3.8) is 0 Å².